The van der Waals surface area contributed by atoms with Crippen LogP contribution in [0, 0.1) is 0 Å². The van der Waals surface area contributed by atoms with Crippen LogP contribution in [-0.4, -0.2) is 49.0 Å². The maximum Gasteiger partial charge on any atom is 0.244 e. The van der Waals surface area contributed by atoms with E-state index >= 15 is 0 Å². The van der Waals surface area contributed by atoms with Gasteiger partial charge >= 0.3 is 0 Å². The van der Waals surface area contributed by atoms with Crippen molar-refractivity contribution in [1.82, 2.24) is 10.2 Å². The average molecular weight is 302 g/mol. The molecular formula is C14H26N2O3S. The summed E-state index contributed by atoms with van der Waals surface area (Å²) in [5, 5.41) is 3.52. The highest BCUT2D eigenvalue weighted by Crippen LogP contribution is 2.38. The predicted octanol–water partition coefficient (Wildman–Crippen LogP) is 1.29. The van der Waals surface area contributed by atoms with E-state index in [9.17, 15) is 13.2 Å². The summed E-state index contributed by atoms with van der Waals surface area (Å²) < 4.78 is 23.0. The lowest BCUT2D eigenvalue weighted by atomic mass is 9.98. The van der Waals surface area contributed by atoms with Crippen LogP contribution in [0.5, 0.6) is 0 Å². The standard InChI is InChI=1S/C14H26N2O3S/c1-4-7-12-15-14(8-5-6-9-14)13(17)16(12)11(2)10-20(3,18)19/h11-12,15H,4-10H2,1-3H3. The van der Waals surface area contributed by atoms with Gasteiger partial charge in [-0.1, -0.05) is 26.2 Å². The number of amides is 1. The number of nitrogens with zero attached hydrogens (tertiary/aromatic N) is 1. The SMILES string of the molecule is CCCC1NC2(CCCC2)C(=O)N1C(C)CS(C)(=O)=O. The molecule has 1 aliphatic heterocycles. The van der Waals surface area contributed by atoms with E-state index < -0.39 is 15.4 Å². The van der Waals surface area contributed by atoms with Gasteiger partial charge in [0.15, 0.2) is 0 Å². The molecule has 1 aliphatic carbocycles. The van der Waals surface area contributed by atoms with E-state index in [-0.39, 0.29) is 23.9 Å². The van der Waals surface area contributed by atoms with Crippen molar-refractivity contribution < 1.29 is 13.2 Å². The number of sulfone groups is 1. The average Bonchev–Trinajstić information content (AvgIpc) is 2.85. The Morgan fingerprint density at radius 2 is 2.00 bits per heavy atom. The Bertz CT molecular complexity index is 469. The summed E-state index contributed by atoms with van der Waals surface area (Å²) in [6.07, 6.45) is 6.99. The highest BCUT2D eigenvalue weighted by molar-refractivity contribution is 7.90. The number of hydrogen-bond donors (Lipinski definition) is 1. The zero-order valence-corrected chi connectivity index (χ0v) is 13.5. The van der Waals surface area contributed by atoms with Crippen LogP contribution in [0.3, 0.4) is 0 Å². The topological polar surface area (TPSA) is 66.5 Å². The minimum Gasteiger partial charge on any atom is -0.322 e. The molecule has 116 valence electrons. The molecule has 5 nitrogen and oxygen atoms in total. The Morgan fingerprint density at radius 3 is 2.50 bits per heavy atom. The Kier molecular flexibility index (Phi) is 4.44. The smallest absolute Gasteiger partial charge is 0.244 e. The minimum atomic E-state index is -3.08. The number of hydrogen-bond acceptors (Lipinski definition) is 4. The third-order valence-electron chi connectivity index (χ3n) is 4.46. The van der Waals surface area contributed by atoms with E-state index in [1.54, 1.807) is 4.90 Å². The Balaban J connectivity index is 2.21. The van der Waals surface area contributed by atoms with Crippen LogP contribution in [0.1, 0.15) is 52.4 Å². The molecule has 6 heteroatoms. The lowest BCUT2D eigenvalue weighted by Crippen LogP contribution is -2.46. The second-order valence-corrected chi connectivity index (χ2v) is 8.58. The summed E-state index contributed by atoms with van der Waals surface area (Å²) in [5.41, 5.74) is -0.411. The lowest BCUT2D eigenvalue weighted by molar-refractivity contribution is -0.134. The molecule has 1 saturated carbocycles. The van der Waals surface area contributed by atoms with Gasteiger partial charge in [0.05, 0.1) is 17.5 Å². The van der Waals surface area contributed by atoms with E-state index in [0.717, 1.165) is 38.5 Å². The molecule has 1 saturated heterocycles. The van der Waals surface area contributed by atoms with Crippen LogP contribution in [0.4, 0.5) is 0 Å². The van der Waals surface area contributed by atoms with Gasteiger partial charge in [0.1, 0.15) is 9.84 Å². The van der Waals surface area contributed by atoms with Crippen molar-refractivity contribution in [2.75, 3.05) is 12.0 Å². The number of carbonyl (C=O) groups excluding carboxylic acids is 1. The molecule has 1 N–H and O–H groups in total. The van der Waals surface area contributed by atoms with E-state index in [1.807, 2.05) is 6.92 Å². The second kappa shape index (κ2) is 5.64. The van der Waals surface area contributed by atoms with Crippen molar-refractivity contribution in [3.8, 4) is 0 Å². The molecule has 20 heavy (non-hydrogen) atoms. The molecule has 0 aromatic rings. The summed E-state index contributed by atoms with van der Waals surface area (Å²) in [7, 11) is -3.08. The summed E-state index contributed by atoms with van der Waals surface area (Å²) in [6.45, 7) is 3.93. The van der Waals surface area contributed by atoms with Gasteiger partial charge in [-0.25, -0.2) is 8.42 Å². The fourth-order valence-corrected chi connectivity index (χ4v) is 4.72. The van der Waals surface area contributed by atoms with Crippen LogP contribution < -0.4 is 5.32 Å². The maximum absolute atomic E-state index is 12.8. The molecule has 1 spiro atoms. The molecule has 0 aromatic carbocycles. The van der Waals surface area contributed by atoms with Crippen molar-refractivity contribution in [2.24, 2.45) is 0 Å². The largest absolute Gasteiger partial charge is 0.322 e. The zero-order valence-electron chi connectivity index (χ0n) is 12.7. The first kappa shape index (κ1) is 15.8. The molecule has 1 heterocycles. The van der Waals surface area contributed by atoms with Gasteiger partial charge in [0.25, 0.3) is 0 Å². The summed E-state index contributed by atoms with van der Waals surface area (Å²) in [6, 6.07) is -0.262. The Morgan fingerprint density at radius 1 is 1.40 bits per heavy atom. The molecular weight excluding hydrogens is 276 g/mol. The molecule has 0 bridgehead atoms. The van der Waals surface area contributed by atoms with Crippen molar-refractivity contribution in [1.29, 1.82) is 0 Å². The van der Waals surface area contributed by atoms with Gasteiger partial charge in [0, 0.05) is 12.3 Å². The third-order valence-corrected chi connectivity index (χ3v) is 5.55. The van der Waals surface area contributed by atoms with Gasteiger partial charge in [0.2, 0.25) is 5.91 Å². The molecule has 0 aromatic heterocycles. The monoisotopic (exact) mass is 302 g/mol. The first-order valence-electron chi connectivity index (χ1n) is 7.57. The molecule has 2 aliphatic rings. The van der Waals surface area contributed by atoms with Crippen molar-refractivity contribution in [2.45, 2.75) is 70.1 Å². The van der Waals surface area contributed by atoms with Crippen LogP contribution in [0.2, 0.25) is 0 Å². The molecule has 0 radical (unpaired) electrons. The van der Waals surface area contributed by atoms with Gasteiger partial charge in [-0.05, 0) is 26.2 Å². The van der Waals surface area contributed by atoms with Crippen molar-refractivity contribution in [3.05, 3.63) is 0 Å². The molecule has 1 amide bonds. The van der Waals surface area contributed by atoms with Crippen LogP contribution in [0.15, 0.2) is 0 Å². The second-order valence-electron chi connectivity index (χ2n) is 6.39. The fraction of sp³-hybridized carbons (Fsp3) is 0.929. The summed E-state index contributed by atoms with van der Waals surface area (Å²) in [5.74, 6) is 0.154. The highest BCUT2D eigenvalue weighted by Gasteiger charge is 2.53. The van der Waals surface area contributed by atoms with Gasteiger partial charge in [-0.2, -0.15) is 0 Å². The Hall–Kier alpha value is -0.620. The summed E-state index contributed by atoms with van der Waals surface area (Å²) >= 11 is 0. The fourth-order valence-electron chi connectivity index (χ4n) is 3.69. The predicted molar refractivity (Wildman–Crippen MR) is 79.0 cm³/mol. The molecule has 2 rings (SSSR count). The molecule has 2 unspecified atom stereocenters. The quantitative estimate of drug-likeness (QED) is 0.831. The molecule has 2 atom stereocenters. The molecule has 2 fully saturated rings. The van der Waals surface area contributed by atoms with E-state index in [1.165, 1.54) is 6.26 Å². The first-order chi connectivity index (χ1) is 9.29. The third kappa shape index (κ3) is 3.01. The van der Waals surface area contributed by atoms with Gasteiger partial charge in [-0.15, -0.1) is 0 Å². The normalized spacial score (nSPS) is 27.4. The van der Waals surface area contributed by atoms with Crippen LogP contribution in [0.25, 0.3) is 0 Å². The highest BCUT2D eigenvalue weighted by atomic mass is 32.2. The zero-order chi connectivity index (χ0) is 15.0. The summed E-state index contributed by atoms with van der Waals surface area (Å²) in [4.78, 5) is 14.6. The van der Waals surface area contributed by atoms with Crippen molar-refractivity contribution in [3.63, 3.8) is 0 Å². The van der Waals surface area contributed by atoms with Gasteiger partial charge < -0.3 is 4.90 Å². The van der Waals surface area contributed by atoms with Crippen LogP contribution >= 0.6 is 0 Å². The maximum atomic E-state index is 12.8. The number of rotatable bonds is 5. The van der Waals surface area contributed by atoms with Gasteiger partial charge in [-0.3, -0.25) is 10.1 Å². The number of carbonyl (C=O) groups is 1. The van der Waals surface area contributed by atoms with Crippen LogP contribution in [-0.2, 0) is 14.6 Å². The number of nitrogens with one attached hydrogen (secondary N) is 1. The van der Waals surface area contributed by atoms with E-state index in [0.29, 0.717) is 0 Å². The minimum absolute atomic E-state index is 0.0117. The first-order valence-corrected chi connectivity index (χ1v) is 9.63. The Labute approximate surface area is 122 Å². The van der Waals surface area contributed by atoms with E-state index in [4.69, 9.17) is 0 Å². The van der Waals surface area contributed by atoms with E-state index in [2.05, 4.69) is 12.2 Å². The lowest BCUT2D eigenvalue weighted by Gasteiger charge is -2.30. The van der Waals surface area contributed by atoms with Crippen molar-refractivity contribution >= 4 is 15.7 Å².